The molecule has 4 bridgehead atoms. The Morgan fingerprint density at radius 3 is 2.08 bits per heavy atom. The summed E-state index contributed by atoms with van der Waals surface area (Å²) < 4.78 is 5.77. The molecule has 0 heterocycles. The van der Waals surface area contributed by atoms with Gasteiger partial charge >= 0.3 is 5.97 Å². The lowest BCUT2D eigenvalue weighted by Crippen LogP contribution is -2.50. The molecule has 5 rings (SSSR count). The van der Waals surface area contributed by atoms with Gasteiger partial charge in [-0.25, -0.2) is 0 Å². The van der Waals surface area contributed by atoms with Crippen LogP contribution >= 0.6 is 0 Å². The molecule has 4 heteroatoms. The summed E-state index contributed by atoms with van der Waals surface area (Å²) >= 11 is 0. The number of hydrogen-bond acceptors (Lipinski definition) is 4. The van der Waals surface area contributed by atoms with Crippen LogP contribution in [0.15, 0.2) is 30.3 Å². The van der Waals surface area contributed by atoms with Gasteiger partial charge in [-0.05, 0) is 61.8 Å². The Kier molecular flexibility index (Phi) is 3.86. The van der Waals surface area contributed by atoms with Crippen LogP contribution in [0.5, 0.6) is 0 Å². The van der Waals surface area contributed by atoms with Gasteiger partial charge in [-0.15, -0.1) is 0 Å². The summed E-state index contributed by atoms with van der Waals surface area (Å²) in [5, 5.41) is 11.1. The van der Waals surface area contributed by atoms with Gasteiger partial charge in [-0.2, -0.15) is 0 Å². The molecule has 4 nitrogen and oxygen atoms in total. The number of carboxylic acids is 1. The van der Waals surface area contributed by atoms with Crippen molar-refractivity contribution in [1.29, 1.82) is 0 Å². The van der Waals surface area contributed by atoms with Crippen molar-refractivity contribution < 1.29 is 19.4 Å². The van der Waals surface area contributed by atoms with Crippen LogP contribution in [0.4, 0.5) is 0 Å². The minimum atomic E-state index is -1.19. The van der Waals surface area contributed by atoms with E-state index in [0.717, 1.165) is 24.8 Å². The molecule has 0 saturated heterocycles. The van der Waals surface area contributed by atoms with E-state index in [1.165, 1.54) is 19.3 Å². The van der Waals surface area contributed by atoms with Gasteiger partial charge < -0.3 is 14.6 Å². The SMILES string of the molecule is O=C([O-])CC(OC(=O)C12CC3CC(CC(C3)C1)C2)c1ccccc1. The number of carbonyl (C=O) groups is 2. The van der Waals surface area contributed by atoms with E-state index in [-0.39, 0.29) is 17.8 Å². The molecule has 4 saturated carbocycles. The van der Waals surface area contributed by atoms with Crippen LogP contribution in [0.2, 0.25) is 0 Å². The van der Waals surface area contributed by atoms with Crippen LogP contribution < -0.4 is 5.11 Å². The Balaban J connectivity index is 1.54. The molecular weight excluding hydrogens is 304 g/mol. The average Bonchev–Trinajstić information content (AvgIpc) is 2.53. The van der Waals surface area contributed by atoms with Gasteiger partial charge in [-0.3, -0.25) is 4.79 Å². The molecule has 0 aliphatic heterocycles. The highest BCUT2D eigenvalue weighted by Crippen LogP contribution is 2.60. The summed E-state index contributed by atoms with van der Waals surface area (Å²) in [4.78, 5) is 24.1. The summed E-state index contributed by atoms with van der Waals surface area (Å²) in [6, 6.07) is 9.13. The minimum absolute atomic E-state index is 0.184. The third-order valence-electron chi connectivity index (χ3n) is 6.24. The van der Waals surface area contributed by atoms with E-state index in [2.05, 4.69) is 0 Å². The zero-order chi connectivity index (χ0) is 16.7. The van der Waals surface area contributed by atoms with E-state index >= 15 is 0 Å². The Hall–Kier alpha value is -1.84. The maximum Gasteiger partial charge on any atom is 0.312 e. The van der Waals surface area contributed by atoms with Gasteiger partial charge in [0.15, 0.2) is 0 Å². The smallest absolute Gasteiger partial charge is 0.312 e. The first kappa shape index (κ1) is 15.7. The van der Waals surface area contributed by atoms with Crippen molar-refractivity contribution in [2.75, 3.05) is 0 Å². The van der Waals surface area contributed by atoms with Crippen LogP contribution in [0, 0.1) is 23.2 Å². The van der Waals surface area contributed by atoms with Crippen molar-refractivity contribution in [1.82, 2.24) is 0 Å². The zero-order valence-corrected chi connectivity index (χ0v) is 13.8. The molecule has 4 fully saturated rings. The largest absolute Gasteiger partial charge is 0.550 e. The summed E-state index contributed by atoms with van der Waals surface area (Å²) in [5.41, 5.74) is 0.355. The number of esters is 1. The normalized spacial score (nSPS) is 34.8. The lowest BCUT2D eigenvalue weighted by Gasteiger charge is -2.55. The minimum Gasteiger partial charge on any atom is -0.550 e. The average molecular weight is 327 g/mol. The first-order chi connectivity index (χ1) is 11.5. The second kappa shape index (κ2) is 5.91. The number of carbonyl (C=O) groups excluding carboxylic acids is 2. The highest BCUT2D eigenvalue weighted by atomic mass is 16.5. The lowest BCUT2D eigenvalue weighted by atomic mass is 9.49. The summed E-state index contributed by atoms with van der Waals surface area (Å²) in [6.45, 7) is 0. The molecule has 128 valence electrons. The number of aliphatic carboxylic acids is 1. The number of rotatable bonds is 5. The second-order valence-corrected chi connectivity index (χ2v) is 8.08. The van der Waals surface area contributed by atoms with Crippen molar-refractivity contribution in [2.45, 2.75) is 51.0 Å². The standard InChI is InChI=1S/C20H24O4/c21-18(22)9-17(16-4-2-1-3-5-16)24-19(23)20-10-13-6-14(11-20)8-15(7-13)12-20/h1-5,13-15,17H,6-12H2,(H,21,22)/p-1. The molecule has 1 aromatic rings. The number of hydrogen-bond donors (Lipinski definition) is 0. The predicted molar refractivity (Wildman–Crippen MR) is 85.5 cm³/mol. The van der Waals surface area contributed by atoms with E-state index in [9.17, 15) is 14.7 Å². The highest BCUT2D eigenvalue weighted by Gasteiger charge is 2.55. The van der Waals surface area contributed by atoms with Crippen molar-refractivity contribution in [3.8, 4) is 0 Å². The molecule has 0 amide bonds. The molecule has 24 heavy (non-hydrogen) atoms. The Labute approximate surface area is 142 Å². The third kappa shape index (κ3) is 2.83. The number of ether oxygens (including phenoxy) is 1. The topological polar surface area (TPSA) is 66.4 Å². The molecule has 4 aliphatic rings. The fraction of sp³-hybridized carbons (Fsp3) is 0.600. The number of carboxylic acid groups (broad SMARTS) is 1. The van der Waals surface area contributed by atoms with Crippen LogP contribution in [-0.4, -0.2) is 11.9 Å². The van der Waals surface area contributed by atoms with Crippen LogP contribution in [0.1, 0.15) is 56.6 Å². The van der Waals surface area contributed by atoms with E-state index in [4.69, 9.17) is 4.74 Å². The summed E-state index contributed by atoms with van der Waals surface area (Å²) in [5.74, 6) is 0.583. The van der Waals surface area contributed by atoms with E-state index in [1.54, 1.807) is 12.1 Å². The fourth-order valence-electron chi connectivity index (χ4n) is 5.66. The molecule has 1 atom stereocenters. The number of benzene rings is 1. The molecule has 1 aromatic carbocycles. The maximum atomic E-state index is 13.0. The summed E-state index contributed by atoms with van der Waals surface area (Å²) in [7, 11) is 0. The van der Waals surface area contributed by atoms with Crippen molar-refractivity contribution in [2.24, 2.45) is 23.2 Å². The zero-order valence-electron chi connectivity index (χ0n) is 13.8. The highest BCUT2D eigenvalue weighted by molar-refractivity contribution is 5.78. The van der Waals surface area contributed by atoms with Crippen molar-refractivity contribution in [3.63, 3.8) is 0 Å². The van der Waals surface area contributed by atoms with Gasteiger partial charge in [-0.1, -0.05) is 30.3 Å². The lowest BCUT2D eigenvalue weighted by molar-refractivity contribution is -0.307. The molecule has 0 aromatic heterocycles. The first-order valence-electron chi connectivity index (χ1n) is 9.00. The van der Waals surface area contributed by atoms with E-state index < -0.39 is 12.1 Å². The van der Waals surface area contributed by atoms with Gasteiger partial charge in [0.05, 0.1) is 5.41 Å². The third-order valence-corrected chi connectivity index (χ3v) is 6.24. The Morgan fingerprint density at radius 1 is 1.04 bits per heavy atom. The maximum absolute atomic E-state index is 13.0. The molecular formula is C20H23O4-. The molecule has 1 unspecified atom stereocenters. The van der Waals surface area contributed by atoms with E-state index in [1.807, 2.05) is 18.2 Å². The van der Waals surface area contributed by atoms with E-state index in [0.29, 0.717) is 17.8 Å². The quantitative estimate of drug-likeness (QED) is 0.780. The van der Waals surface area contributed by atoms with Crippen LogP contribution in [-0.2, 0) is 14.3 Å². The fourth-order valence-corrected chi connectivity index (χ4v) is 5.66. The molecule has 4 aliphatic carbocycles. The second-order valence-electron chi connectivity index (χ2n) is 8.08. The first-order valence-corrected chi connectivity index (χ1v) is 9.00. The van der Waals surface area contributed by atoms with Crippen molar-refractivity contribution >= 4 is 11.9 Å². The van der Waals surface area contributed by atoms with Crippen molar-refractivity contribution in [3.05, 3.63) is 35.9 Å². The van der Waals surface area contributed by atoms with Gasteiger partial charge in [0, 0.05) is 12.4 Å². The van der Waals surface area contributed by atoms with Crippen LogP contribution in [0.25, 0.3) is 0 Å². The molecule has 0 N–H and O–H groups in total. The van der Waals surface area contributed by atoms with Gasteiger partial charge in [0.25, 0.3) is 0 Å². The Morgan fingerprint density at radius 2 is 1.58 bits per heavy atom. The predicted octanol–water partition coefficient (Wildman–Crippen LogP) is 2.63. The summed E-state index contributed by atoms with van der Waals surface area (Å²) in [6.07, 6.45) is 5.49. The Bertz CT molecular complexity index is 601. The van der Waals surface area contributed by atoms with Gasteiger partial charge in [0.2, 0.25) is 0 Å². The monoisotopic (exact) mass is 327 g/mol. The molecule has 0 spiro atoms. The molecule has 0 radical (unpaired) electrons. The van der Waals surface area contributed by atoms with Gasteiger partial charge in [0.1, 0.15) is 6.10 Å². The van der Waals surface area contributed by atoms with Crippen LogP contribution in [0.3, 0.4) is 0 Å².